The molecule has 26 heavy (non-hydrogen) atoms. The molecule has 3 aromatic rings. The van der Waals surface area contributed by atoms with Crippen LogP contribution >= 0.6 is 11.3 Å². The van der Waals surface area contributed by atoms with Crippen molar-refractivity contribution in [2.75, 3.05) is 0 Å². The number of thiophene rings is 1. The molecule has 2 heterocycles. The van der Waals surface area contributed by atoms with Gasteiger partial charge in [0, 0.05) is 24.4 Å². The van der Waals surface area contributed by atoms with E-state index in [1.165, 1.54) is 16.9 Å². The van der Waals surface area contributed by atoms with E-state index in [1.807, 2.05) is 30.3 Å². The summed E-state index contributed by atoms with van der Waals surface area (Å²) >= 11 is 1.65. The fourth-order valence-corrected chi connectivity index (χ4v) is 4.67. The number of hydrogen-bond acceptors (Lipinski definition) is 4. The molecule has 0 unspecified atom stereocenters. The predicted octanol–water partition coefficient (Wildman–Crippen LogP) is 3.04. The molecule has 0 bridgehead atoms. The average molecular weight is 367 g/mol. The molecule has 1 aliphatic carbocycles. The maximum atomic E-state index is 12.9. The van der Waals surface area contributed by atoms with Crippen molar-refractivity contribution in [3.63, 3.8) is 0 Å². The summed E-state index contributed by atoms with van der Waals surface area (Å²) in [5.74, 6) is -0.0619. The van der Waals surface area contributed by atoms with Crippen LogP contribution in [0, 0.1) is 0 Å². The number of carbonyl (C=O) groups excluding carboxylic acids is 1. The van der Waals surface area contributed by atoms with E-state index in [1.54, 1.807) is 22.2 Å². The monoisotopic (exact) mass is 367 g/mol. The maximum absolute atomic E-state index is 12.9. The Balaban J connectivity index is 1.45. The fourth-order valence-electron chi connectivity index (χ4n) is 3.45. The largest absolute Gasteiger partial charge is 0.352 e. The topological polar surface area (TPSA) is 64.0 Å². The number of fused-ring (bicyclic) bond motifs is 3. The van der Waals surface area contributed by atoms with Crippen molar-refractivity contribution < 1.29 is 4.79 Å². The Kier molecular flexibility index (Phi) is 4.84. The fraction of sp³-hybridized carbons (Fsp3) is 0.350. The summed E-state index contributed by atoms with van der Waals surface area (Å²) < 4.78 is 1.58. The van der Waals surface area contributed by atoms with E-state index in [0.29, 0.717) is 13.1 Å². The van der Waals surface area contributed by atoms with Crippen LogP contribution < -0.4 is 10.9 Å². The molecule has 0 saturated heterocycles. The molecule has 4 rings (SSSR count). The van der Waals surface area contributed by atoms with E-state index >= 15 is 0 Å². The van der Waals surface area contributed by atoms with E-state index in [9.17, 15) is 9.59 Å². The van der Waals surface area contributed by atoms with Gasteiger partial charge in [-0.05, 0) is 36.8 Å². The first kappa shape index (κ1) is 17.0. The first-order chi connectivity index (χ1) is 12.7. The lowest BCUT2D eigenvalue weighted by molar-refractivity contribution is -0.121. The lowest BCUT2D eigenvalue weighted by Crippen LogP contribution is -2.27. The SMILES string of the molecule is O=C(CCn1cnc2sc3c(c2c1=O)CCCC3)NCc1ccccc1. The van der Waals surface area contributed by atoms with E-state index in [4.69, 9.17) is 0 Å². The third-order valence-electron chi connectivity index (χ3n) is 4.85. The number of hydrogen-bond donors (Lipinski definition) is 1. The van der Waals surface area contributed by atoms with Crippen LogP contribution in [-0.4, -0.2) is 15.5 Å². The summed E-state index contributed by atoms with van der Waals surface area (Å²) in [4.78, 5) is 31.6. The van der Waals surface area contributed by atoms with Gasteiger partial charge >= 0.3 is 0 Å². The van der Waals surface area contributed by atoms with Crippen LogP contribution in [0.15, 0.2) is 41.5 Å². The molecule has 0 radical (unpaired) electrons. The van der Waals surface area contributed by atoms with Crippen LogP contribution in [0.1, 0.15) is 35.3 Å². The number of nitrogens with zero attached hydrogens (tertiary/aromatic N) is 2. The van der Waals surface area contributed by atoms with Crippen molar-refractivity contribution in [3.05, 3.63) is 63.0 Å². The quantitative estimate of drug-likeness (QED) is 0.754. The van der Waals surface area contributed by atoms with Gasteiger partial charge in [-0.15, -0.1) is 11.3 Å². The van der Waals surface area contributed by atoms with Gasteiger partial charge in [0.1, 0.15) is 4.83 Å². The summed E-state index contributed by atoms with van der Waals surface area (Å²) in [6, 6.07) is 9.79. The van der Waals surface area contributed by atoms with E-state index in [0.717, 1.165) is 35.0 Å². The van der Waals surface area contributed by atoms with Gasteiger partial charge in [-0.3, -0.25) is 14.2 Å². The minimum atomic E-state index is -0.0619. The molecule has 1 amide bonds. The van der Waals surface area contributed by atoms with Gasteiger partial charge < -0.3 is 5.32 Å². The Bertz CT molecular complexity index is 991. The molecule has 0 saturated carbocycles. The molecule has 6 heteroatoms. The Morgan fingerprint density at radius 3 is 2.85 bits per heavy atom. The van der Waals surface area contributed by atoms with Crippen molar-refractivity contribution in [3.8, 4) is 0 Å². The predicted molar refractivity (Wildman–Crippen MR) is 103 cm³/mol. The van der Waals surface area contributed by atoms with E-state index in [2.05, 4.69) is 10.3 Å². The molecule has 2 aromatic heterocycles. The number of aryl methyl sites for hydroxylation is 3. The summed E-state index contributed by atoms with van der Waals surface area (Å²) in [5, 5.41) is 3.67. The Morgan fingerprint density at radius 1 is 1.19 bits per heavy atom. The Labute approximate surface area is 155 Å². The van der Waals surface area contributed by atoms with Gasteiger partial charge in [-0.2, -0.15) is 0 Å². The first-order valence-electron chi connectivity index (χ1n) is 9.02. The molecule has 1 aromatic carbocycles. The molecule has 0 aliphatic heterocycles. The normalized spacial score (nSPS) is 13.5. The number of carbonyl (C=O) groups is 1. The van der Waals surface area contributed by atoms with Crippen LogP contribution in [0.25, 0.3) is 10.2 Å². The summed E-state index contributed by atoms with van der Waals surface area (Å²) in [7, 11) is 0. The van der Waals surface area contributed by atoms with E-state index < -0.39 is 0 Å². The second-order valence-electron chi connectivity index (χ2n) is 6.65. The molecule has 0 fully saturated rings. The number of rotatable bonds is 5. The molecular weight excluding hydrogens is 346 g/mol. The van der Waals surface area contributed by atoms with Gasteiger partial charge in [0.25, 0.3) is 5.56 Å². The number of benzene rings is 1. The van der Waals surface area contributed by atoms with Crippen LogP contribution in [0.3, 0.4) is 0 Å². The lowest BCUT2D eigenvalue weighted by Gasteiger charge is -2.10. The number of aromatic nitrogens is 2. The summed E-state index contributed by atoms with van der Waals surface area (Å²) in [5.41, 5.74) is 2.24. The zero-order valence-corrected chi connectivity index (χ0v) is 15.3. The second-order valence-corrected chi connectivity index (χ2v) is 7.73. The molecule has 1 aliphatic rings. The lowest BCUT2D eigenvalue weighted by atomic mass is 9.97. The van der Waals surface area contributed by atoms with Gasteiger partial charge in [0.2, 0.25) is 5.91 Å². The highest BCUT2D eigenvalue weighted by atomic mass is 32.1. The van der Waals surface area contributed by atoms with E-state index in [-0.39, 0.29) is 17.9 Å². The molecule has 0 spiro atoms. The van der Waals surface area contributed by atoms with Crippen LogP contribution in [0.4, 0.5) is 0 Å². The van der Waals surface area contributed by atoms with Crippen LogP contribution in [0.5, 0.6) is 0 Å². The first-order valence-corrected chi connectivity index (χ1v) is 9.84. The van der Waals surface area contributed by atoms with Crippen LogP contribution in [-0.2, 0) is 30.7 Å². The minimum absolute atomic E-state index is 0.00902. The second kappa shape index (κ2) is 7.41. The average Bonchev–Trinajstić information content (AvgIpc) is 3.06. The number of amides is 1. The molecule has 5 nitrogen and oxygen atoms in total. The van der Waals surface area contributed by atoms with Gasteiger partial charge in [0.15, 0.2) is 0 Å². The number of nitrogens with one attached hydrogen (secondary N) is 1. The highest BCUT2D eigenvalue weighted by Gasteiger charge is 2.20. The molecule has 0 atom stereocenters. The zero-order chi connectivity index (χ0) is 17.9. The van der Waals surface area contributed by atoms with Crippen molar-refractivity contribution in [2.24, 2.45) is 0 Å². The van der Waals surface area contributed by atoms with Crippen molar-refractivity contribution in [2.45, 2.75) is 45.2 Å². The van der Waals surface area contributed by atoms with Gasteiger partial charge in [-0.1, -0.05) is 30.3 Å². The van der Waals surface area contributed by atoms with Gasteiger partial charge in [0.05, 0.1) is 11.7 Å². The van der Waals surface area contributed by atoms with Crippen LogP contribution in [0.2, 0.25) is 0 Å². The zero-order valence-electron chi connectivity index (χ0n) is 14.5. The third kappa shape index (κ3) is 3.42. The van der Waals surface area contributed by atoms with Crippen molar-refractivity contribution in [1.82, 2.24) is 14.9 Å². The Hall–Kier alpha value is -2.47. The van der Waals surface area contributed by atoms with Gasteiger partial charge in [-0.25, -0.2) is 4.98 Å². The molecule has 134 valence electrons. The Morgan fingerprint density at radius 2 is 2.00 bits per heavy atom. The highest BCUT2D eigenvalue weighted by Crippen LogP contribution is 2.33. The molecular formula is C20H21N3O2S. The maximum Gasteiger partial charge on any atom is 0.262 e. The third-order valence-corrected chi connectivity index (χ3v) is 6.05. The van der Waals surface area contributed by atoms with Crippen molar-refractivity contribution in [1.29, 1.82) is 0 Å². The standard InChI is InChI=1S/C20H21N3O2S/c24-17(21-12-14-6-2-1-3-7-14)10-11-23-13-22-19-18(20(23)25)15-8-4-5-9-16(15)26-19/h1-3,6-7,13H,4-5,8-12H2,(H,21,24). The highest BCUT2D eigenvalue weighted by molar-refractivity contribution is 7.18. The minimum Gasteiger partial charge on any atom is -0.352 e. The summed E-state index contributed by atoms with van der Waals surface area (Å²) in [6.07, 6.45) is 6.19. The molecule has 1 N–H and O–H groups in total. The van der Waals surface area contributed by atoms with Crippen molar-refractivity contribution >= 4 is 27.5 Å². The summed E-state index contributed by atoms with van der Waals surface area (Å²) in [6.45, 7) is 0.858. The smallest absolute Gasteiger partial charge is 0.262 e.